The van der Waals surface area contributed by atoms with Gasteiger partial charge in [-0.05, 0) is 25.4 Å². The van der Waals surface area contributed by atoms with Gasteiger partial charge in [-0.3, -0.25) is 28.8 Å². The molecule has 0 bridgehead atoms. The summed E-state index contributed by atoms with van der Waals surface area (Å²) in [5, 5.41) is 5.76. The third-order valence-electron chi connectivity index (χ3n) is 11.2. The van der Waals surface area contributed by atoms with E-state index in [0.717, 1.165) is 0 Å². The number of hydrogen-bond acceptors (Lipinski definition) is 8. The highest BCUT2D eigenvalue weighted by molar-refractivity contribution is 9.09. The van der Waals surface area contributed by atoms with Crippen molar-refractivity contribution < 1.29 is 28.8 Å². The Kier molecular flexibility index (Phi) is 43.6. The summed E-state index contributed by atoms with van der Waals surface area (Å²) >= 11 is 8.03. The third kappa shape index (κ3) is 30.7. The Labute approximate surface area is 391 Å². The molecule has 4 fully saturated rings. The van der Waals surface area contributed by atoms with E-state index in [0.29, 0.717) is 57.6 Å². The van der Waals surface area contributed by atoms with Gasteiger partial charge in [0.05, 0.1) is 11.1 Å². The maximum absolute atomic E-state index is 11.9. The van der Waals surface area contributed by atoms with Crippen LogP contribution in [0.4, 0.5) is 0 Å². The Balaban J connectivity index is -0.000000742. The average Bonchev–Trinajstić information content (AvgIpc) is 3.79. The van der Waals surface area contributed by atoms with Gasteiger partial charge in [-0.25, -0.2) is 0 Å². The van der Waals surface area contributed by atoms with Crippen LogP contribution >= 0.6 is 40.3 Å². The van der Waals surface area contributed by atoms with Crippen LogP contribution in [-0.4, -0.2) is 107 Å². The zero-order valence-electron chi connectivity index (χ0n) is 37.3. The lowest BCUT2D eigenvalue weighted by Gasteiger charge is -2.24. The number of thiol groups is 1. The van der Waals surface area contributed by atoms with E-state index in [2.05, 4.69) is 39.2 Å². The van der Waals surface area contributed by atoms with E-state index in [1.54, 1.807) is 6.26 Å². The lowest BCUT2D eigenvalue weighted by Crippen LogP contribution is -2.45. The van der Waals surface area contributed by atoms with Gasteiger partial charge in [0.25, 0.3) is 0 Å². The van der Waals surface area contributed by atoms with E-state index in [1.165, 1.54) is 150 Å². The van der Waals surface area contributed by atoms with Crippen molar-refractivity contribution in [3.05, 3.63) is 0 Å². The maximum atomic E-state index is 11.9. The van der Waals surface area contributed by atoms with E-state index < -0.39 is 23.9 Å². The number of halogens is 1. The Morgan fingerprint density at radius 2 is 0.869 bits per heavy atom. The smallest absolute Gasteiger partial charge is 0.240 e. The number of likely N-dealkylation sites (tertiary alicyclic amines) is 2. The number of amides is 6. The van der Waals surface area contributed by atoms with Crippen LogP contribution < -0.4 is 22.1 Å². The van der Waals surface area contributed by atoms with E-state index in [4.69, 9.17) is 11.5 Å². The lowest BCUT2D eigenvalue weighted by atomic mass is 10.0. The highest BCUT2D eigenvalue weighted by Crippen LogP contribution is 2.22. The molecule has 4 atom stereocenters. The van der Waals surface area contributed by atoms with Crippen LogP contribution in [-0.2, 0) is 28.8 Å². The topological polar surface area (TPSA) is 185 Å². The molecule has 0 spiro atoms. The Hall–Kier alpha value is -2.00. The molecule has 6 N–H and O–H groups in total. The molecule has 12 nitrogen and oxygen atoms in total. The molecule has 0 radical (unpaired) electrons. The van der Waals surface area contributed by atoms with Gasteiger partial charge in [-0.1, -0.05) is 173 Å². The van der Waals surface area contributed by atoms with Crippen LogP contribution in [0.1, 0.15) is 183 Å². The van der Waals surface area contributed by atoms with Crippen LogP contribution in [0, 0.1) is 11.8 Å². The molecule has 4 aliphatic rings. The minimum absolute atomic E-state index is 0. The van der Waals surface area contributed by atoms with Crippen LogP contribution in [0.2, 0.25) is 0 Å². The number of hydrogen-bond donors (Lipinski definition) is 5. The number of nitrogens with two attached hydrogens (primary N) is 2. The molecule has 6 amide bonds. The lowest BCUT2D eigenvalue weighted by molar-refractivity contribution is -0.136. The van der Waals surface area contributed by atoms with Crippen LogP contribution in [0.15, 0.2) is 0 Å². The summed E-state index contributed by atoms with van der Waals surface area (Å²) in [6.07, 6.45) is 35.3. The van der Waals surface area contributed by atoms with E-state index in [-0.39, 0.29) is 55.6 Å². The molecule has 0 aromatic rings. The molecule has 0 aromatic carbocycles. The number of primary amides is 2. The normalized spacial score (nSPS) is 20.5. The molecule has 2 saturated heterocycles. The van der Waals surface area contributed by atoms with Crippen molar-refractivity contribution in [1.82, 2.24) is 20.4 Å². The van der Waals surface area contributed by atoms with E-state index in [1.807, 2.05) is 20.1 Å². The molecule has 2 saturated carbocycles. The first-order valence-electron chi connectivity index (χ1n) is 22.7. The summed E-state index contributed by atoms with van der Waals surface area (Å²) in [5.41, 5.74) is 10.6. The Morgan fingerprint density at radius 3 is 1.08 bits per heavy atom. The number of carbonyl (C=O) groups is 6. The number of carbonyl (C=O) groups excluding carboxylic acids is 6. The summed E-state index contributed by atoms with van der Waals surface area (Å²) in [6, 6.07) is -1.06. The highest BCUT2D eigenvalue weighted by atomic mass is 79.9. The third-order valence-corrected chi connectivity index (χ3v) is 12.3. The molecule has 360 valence electrons. The maximum Gasteiger partial charge on any atom is 0.240 e. The average molecular weight is 968 g/mol. The van der Waals surface area contributed by atoms with Gasteiger partial charge < -0.3 is 31.9 Å². The first-order valence-corrected chi connectivity index (χ1v) is 26.1. The fraction of sp³-hybridized carbons (Fsp3) is 0.870. The second-order valence-corrected chi connectivity index (χ2v) is 17.6. The quantitative estimate of drug-likeness (QED) is 0.0902. The SMILES string of the molecule is C.C.C1CCCCCCCCC1.C1CCCCCCCCC1.CC[C@H](C(N)=O)N1CC(CNC(=O)CBr)CC1=O.CC[C@H](C(N)=O)N1CC(CNC(=O)CSC)CC1=O.CS. The van der Waals surface area contributed by atoms with Gasteiger partial charge >= 0.3 is 0 Å². The minimum Gasteiger partial charge on any atom is -0.368 e. The molecule has 2 aliphatic carbocycles. The van der Waals surface area contributed by atoms with Gasteiger partial charge in [-0.2, -0.15) is 24.4 Å². The molecule has 61 heavy (non-hydrogen) atoms. The Bertz CT molecular complexity index is 1090. The largest absolute Gasteiger partial charge is 0.368 e. The van der Waals surface area contributed by atoms with Crippen molar-refractivity contribution in [3.63, 3.8) is 0 Å². The summed E-state index contributed by atoms with van der Waals surface area (Å²) in [5.74, 6) is -0.681. The zero-order valence-corrected chi connectivity index (χ0v) is 40.6. The minimum atomic E-state index is -0.533. The molecular weight excluding hydrogens is 877 g/mol. The van der Waals surface area contributed by atoms with Crippen LogP contribution in [0.5, 0.6) is 0 Å². The molecule has 2 heterocycles. The molecule has 2 unspecified atom stereocenters. The first-order chi connectivity index (χ1) is 28.5. The number of rotatable bonds is 13. The Morgan fingerprint density at radius 1 is 0.607 bits per heavy atom. The first kappa shape index (κ1) is 63.3. The standard InChI is InChI=1S/C12H21N3O3S.C11H18BrN3O3.2C10H20.CH4S.2CH4/c1-3-9(12(13)18)15-6-8(4-11(15)17)5-14-10(16)7-19-2;1-2-8(11(13)18)15-6-7(3-10(15)17)5-14-9(16)4-12;2*1-2-4-6-8-10-9-7-5-3-1;1-2;;/h8-9H,3-7H2,1-2H3,(H2,13,18)(H,14,16);7-8H,2-6H2,1H3,(H2,13,18)(H,14,16);2*1-10H2;2H,1H3;2*1H4/t8?,9-;7?,8-;;;;;/m11...../s1. The number of alkyl halides is 1. The van der Waals surface area contributed by atoms with Crippen molar-refractivity contribution in [3.8, 4) is 0 Å². The van der Waals surface area contributed by atoms with Gasteiger partial charge in [0.15, 0.2) is 0 Å². The predicted octanol–water partition coefficient (Wildman–Crippen LogP) is 8.81. The fourth-order valence-corrected chi connectivity index (χ4v) is 8.49. The van der Waals surface area contributed by atoms with Gasteiger partial charge in [0, 0.05) is 50.9 Å². The number of thioether (sulfide) groups is 1. The van der Waals surface area contributed by atoms with Crippen molar-refractivity contribution >= 4 is 75.8 Å². The van der Waals surface area contributed by atoms with Gasteiger partial charge in [-0.15, -0.1) is 0 Å². The summed E-state index contributed by atoms with van der Waals surface area (Å²) < 4.78 is 0. The number of nitrogens with zero attached hydrogens (tertiary/aromatic N) is 2. The fourth-order valence-electron chi connectivity index (χ4n) is 7.92. The van der Waals surface area contributed by atoms with E-state index >= 15 is 0 Å². The van der Waals surface area contributed by atoms with Crippen molar-refractivity contribution in [2.75, 3.05) is 49.8 Å². The van der Waals surface area contributed by atoms with Crippen molar-refractivity contribution in [1.29, 1.82) is 0 Å². The highest BCUT2D eigenvalue weighted by Gasteiger charge is 2.37. The molecule has 15 heteroatoms. The molecule has 0 aromatic heterocycles. The number of nitrogens with one attached hydrogen (secondary N) is 2. The molecule has 4 rings (SSSR count). The monoisotopic (exact) mass is 967 g/mol. The van der Waals surface area contributed by atoms with Gasteiger partial charge in [0.2, 0.25) is 35.4 Å². The van der Waals surface area contributed by atoms with Crippen molar-refractivity contribution in [2.45, 2.75) is 195 Å². The van der Waals surface area contributed by atoms with Crippen molar-refractivity contribution in [2.24, 2.45) is 23.3 Å². The summed E-state index contributed by atoms with van der Waals surface area (Å²) in [7, 11) is 0. The molecule has 2 aliphatic heterocycles. The molecular formula is C46H91BrN6O6S2. The predicted molar refractivity (Wildman–Crippen MR) is 265 cm³/mol. The van der Waals surface area contributed by atoms with Gasteiger partial charge in [0.1, 0.15) is 12.1 Å². The van der Waals surface area contributed by atoms with E-state index in [9.17, 15) is 28.8 Å². The van der Waals surface area contributed by atoms with Crippen LogP contribution in [0.3, 0.4) is 0 Å². The van der Waals surface area contributed by atoms with Crippen LogP contribution in [0.25, 0.3) is 0 Å². The zero-order chi connectivity index (χ0) is 44.3. The second-order valence-electron chi connectivity index (χ2n) is 16.1. The second kappa shape index (κ2) is 42.0. The summed E-state index contributed by atoms with van der Waals surface area (Å²) in [4.78, 5) is 71.7. The summed E-state index contributed by atoms with van der Waals surface area (Å²) in [6.45, 7) is 5.53.